The predicted octanol–water partition coefficient (Wildman–Crippen LogP) is 1.62. The number of fused-ring (bicyclic) bond motifs is 2. The number of rotatable bonds is 2. The van der Waals surface area contributed by atoms with E-state index in [1.165, 1.54) is 0 Å². The van der Waals surface area contributed by atoms with E-state index in [0.29, 0.717) is 17.9 Å². The lowest BCUT2D eigenvalue weighted by Gasteiger charge is -2.26. The number of carbonyl (C=O) groups is 1. The zero-order chi connectivity index (χ0) is 11.0. The number of hydrogen-bond acceptors (Lipinski definition) is 4. The Morgan fingerprint density at radius 1 is 1.25 bits per heavy atom. The van der Waals surface area contributed by atoms with Crippen LogP contribution in [0.1, 0.15) is 36.2 Å². The van der Waals surface area contributed by atoms with Crippen LogP contribution in [0.3, 0.4) is 0 Å². The molecule has 2 aliphatic heterocycles. The van der Waals surface area contributed by atoms with E-state index >= 15 is 0 Å². The van der Waals surface area contributed by atoms with Gasteiger partial charge in [-0.05, 0) is 25.7 Å². The third kappa shape index (κ3) is 1.73. The average molecular weight is 218 g/mol. The molecule has 3 heterocycles. The van der Waals surface area contributed by atoms with Crippen molar-refractivity contribution in [2.45, 2.75) is 37.9 Å². The summed E-state index contributed by atoms with van der Waals surface area (Å²) in [5.74, 6) is 0.219. The van der Waals surface area contributed by atoms with E-state index in [0.717, 1.165) is 25.7 Å². The van der Waals surface area contributed by atoms with Crippen molar-refractivity contribution in [3.05, 3.63) is 24.3 Å². The molecule has 0 N–H and O–H groups in total. The predicted molar refractivity (Wildman–Crippen MR) is 57.0 cm³/mol. The first-order valence-corrected chi connectivity index (χ1v) is 5.78. The summed E-state index contributed by atoms with van der Waals surface area (Å²) in [4.78, 5) is 20.2. The standard InChI is InChI=1S/C12H14N2O2/c15-12(11-7-13-3-4-14-11)8-5-9-1-2-10(6-8)16-9/h3-4,7-10H,1-2,5-6H2. The minimum atomic E-state index is 0.0861. The number of Topliss-reactive ketones (excluding diaryl/α,β-unsaturated/α-hetero) is 1. The molecule has 84 valence electrons. The van der Waals surface area contributed by atoms with E-state index in [1.54, 1.807) is 18.6 Å². The Morgan fingerprint density at radius 2 is 2.00 bits per heavy atom. The number of ether oxygens (including phenoxy) is 1. The Bertz CT molecular complexity index is 381. The summed E-state index contributed by atoms with van der Waals surface area (Å²) in [7, 11) is 0. The van der Waals surface area contributed by atoms with Gasteiger partial charge in [-0.2, -0.15) is 0 Å². The normalized spacial score (nSPS) is 32.6. The van der Waals surface area contributed by atoms with E-state index in [1.807, 2.05) is 0 Å². The average Bonchev–Trinajstić information content (AvgIpc) is 2.68. The maximum atomic E-state index is 12.2. The molecular weight excluding hydrogens is 204 g/mol. The third-order valence-electron chi connectivity index (χ3n) is 3.48. The molecule has 2 bridgehead atoms. The molecule has 0 spiro atoms. The van der Waals surface area contributed by atoms with Gasteiger partial charge < -0.3 is 4.74 Å². The first kappa shape index (κ1) is 9.90. The molecule has 2 atom stereocenters. The largest absolute Gasteiger partial charge is 0.375 e. The van der Waals surface area contributed by atoms with Gasteiger partial charge in [-0.1, -0.05) is 0 Å². The van der Waals surface area contributed by atoms with Gasteiger partial charge in [0.2, 0.25) is 0 Å². The highest BCUT2D eigenvalue weighted by Crippen LogP contribution is 2.36. The molecule has 4 nitrogen and oxygen atoms in total. The van der Waals surface area contributed by atoms with Crippen molar-refractivity contribution in [2.75, 3.05) is 0 Å². The van der Waals surface area contributed by atoms with E-state index in [9.17, 15) is 4.79 Å². The molecule has 1 aromatic heterocycles. The maximum Gasteiger partial charge on any atom is 0.186 e. The fraction of sp³-hybridized carbons (Fsp3) is 0.583. The second-order valence-electron chi connectivity index (χ2n) is 4.58. The van der Waals surface area contributed by atoms with Gasteiger partial charge in [-0.15, -0.1) is 0 Å². The molecule has 16 heavy (non-hydrogen) atoms. The molecule has 0 aromatic carbocycles. The summed E-state index contributed by atoms with van der Waals surface area (Å²) in [6.07, 6.45) is 9.22. The molecule has 3 rings (SSSR count). The molecule has 2 fully saturated rings. The van der Waals surface area contributed by atoms with Gasteiger partial charge in [-0.25, -0.2) is 4.98 Å². The van der Waals surface area contributed by atoms with Crippen LogP contribution >= 0.6 is 0 Å². The van der Waals surface area contributed by atoms with Crippen LogP contribution in [0.2, 0.25) is 0 Å². The molecule has 2 saturated heterocycles. The summed E-state index contributed by atoms with van der Waals surface area (Å²) in [5.41, 5.74) is 0.494. The maximum absolute atomic E-state index is 12.2. The molecule has 2 aliphatic rings. The van der Waals surface area contributed by atoms with Crippen LogP contribution in [0.5, 0.6) is 0 Å². The molecular formula is C12H14N2O2. The number of hydrogen-bond donors (Lipinski definition) is 0. The number of nitrogens with zero attached hydrogens (tertiary/aromatic N) is 2. The quantitative estimate of drug-likeness (QED) is 0.708. The summed E-state index contributed by atoms with van der Waals surface area (Å²) >= 11 is 0. The minimum Gasteiger partial charge on any atom is -0.375 e. The number of aromatic nitrogens is 2. The van der Waals surface area contributed by atoms with Crippen LogP contribution < -0.4 is 0 Å². The van der Waals surface area contributed by atoms with Crippen molar-refractivity contribution >= 4 is 5.78 Å². The van der Waals surface area contributed by atoms with Gasteiger partial charge in [0.25, 0.3) is 0 Å². The SMILES string of the molecule is O=C(c1cnccn1)C1CC2CCC(C1)O2. The Balaban J connectivity index is 1.76. The van der Waals surface area contributed by atoms with Crippen LogP contribution in [0.4, 0.5) is 0 Å². The first-order chi connectivity index (χ1) is 7.83. The molecule has 0 radical (unpaired) electrons. The monoisotopic (exact) mass is 218 g/mol. The fourth-order valence-electron chi connectivity index (χ4n) is 2.71. The fourth-order valence-corrected chi connectivity index (χ4v) is 2.71. The van der Waals surface area contributed by atoms with Gasteiger partial charge in [0.15, 0.2) is 5.78 Å². The molecule has 0 saturated carbocycles. The van der Waals surface area contributed by atoms with E-state index in [-0.39, 0.29) is 11.7 Å². The molecule has 1 aromatic rings. The lowest BCUT2D eigenvalue weighted by molar-refractivity contribution is -0.0150. The second-order valence-corrected chi connectivity index (χ2v) is 4.58. The summed E-state index contributed by atoms with van der Waals surface area (Å²) in [6, 6.07) is 0. The topological polar surface area (TPSA) is 52.1 Å². The van der Waals surface area contributed by atoms with Gasteiger partial charge in [0, 0.05) is 18.3 Å². The van der Waals surface area contributed by atoms with E-state index in [4.69, 9.17) is 4.74 Å². The summed E-state index contributed by atoms with van der Waals surface area (Å²) < 4.78 is 5.73. The Labute approximate surface area is 94.1 Å². The van der Waals surface area contributed by atoms with Crippen molar-refractivity contribution < 1.29 is 9.53 Å². The Morgan fingerprint density at radius 3 is 2.62 bits per heavy atom. The van der Waals surface area contributed by atoms with Crippen molar-refractivity contribution in [1.29, 1.82) is 0 Å². The van der Waals surface area contributed by atoms with Gasteiger partial charge in [-0.3, -0.25) is 9.78 Å². The van der Waals surface area contributed by atoms with Crippen LogP contribution in [0, 0.1) is 5.92 Å². The minimum absolute atomic E-state index is 0.0861. The zero-order valence-electron chi connectivity index (χ0n) is 9.00. The number of carbonyl (C=O) groups excluding carboxylic acids is 1. The van der Waals surface area contributed by atoms with Crippen LogP contribution in [-0.4, -0.2) is 28.0 Å². The Kier molecular flexibility index (Phi) is 2.44. The number of ketones is 1. The molecule has 4 heteroatoms. The van der Waals surface area contributed by atoms with Crippen molar-refractivity contribution in [2.24, 2.45) is 5.92 Å². The molecule has 0 aliphatic carbocycles. The van der Waals surface area contributed by atoms with Gasteiger partial charge in [0.05, 0.1) is 18.4 Å². The lowest BCUT2D eigenvalue weighted by atomic mass is 9.90. The van der Waals surface area contributed by atoms with Crippen molar-refractivity contribution in [1.82, 2.24) is 9.97 Å². The smallest absolute Gasteiger partial charge is 0.186 e. The van der Waals surface area contributed by atoms with E-state index in [2.05, 4.69) is 9.97 Å². The van der Waals surface area contributed by atoms with Gasteiger partial charge >= 0.3 is 0 Å². The lowest BCUT2D eigenvalue weighted by Crippen LogP contribution is -2.30. The molecule has 2 unspecified atom stereocenters. The summed E-state index contributed by atoms with van der Waals surface area (Å²) in [5, 5.41) is 0. The highest BCUT2D eigenvalue weighted by molar-refractivity contribution is 5.95. The first-order valence-electron chi connectivity index (χ1n) is 5.78. The Hall–Kier alpha value is -1.29. The molecule has 0 amide bonds. The van der Waals surface area contributed by atoms with Crippen LogP contribution in [0.25, 0.3) is 0 Å². The summed E-state index contributed by atoms with van der Waals surface area (Å²) in [6.45, 7) is 0. The van der Waals surface area contributed by atoms with Crippen LogP contribution in [0.15, 0.2) is 18.6 Å². The highest BCUT2D eigenvalue weighted by Gasteiger charge is 2.38. The van der Waals surface area contributed by atoms with E-state index < -0.39 is 0 Å². The third-order valence-corrected chi connectivity index (χ3v) is 3.48. The highest BCUT2D eigenvalue weighted by atomic mass is 16.5. The zero-order valence-corrected chi connectivity index (χ0v) is 9.00. The van der Waals surface area contributed by atoms with Crippen LogP contribution in [-0.2, 0) is 4.74 Å². The van der Waals surface area contributed by atoms with Crippen molar-refractivity contribution in [3.63, 3.8) is 0 Å². The van der Waals surface area contributed by atoms with Gasteiger partial charge in [0.1, 0.15) is 5.69 Å². The van der Waals surface area contributed by atoms with Crippen molar-refractivity contribution in [3.8, 4) is 0 Å². The second kappa shape index (κ2) is 3.94.